The van der Waals surface area contributed by atoms with Crippen molar-refractivity contribution in [3.05, 3.63) is 62.8 Å². The lowest BCUT2D eigenvalue weighted by Gasteiger charge is -2.07. The molecule has 20 heavy (non-hydrogen) atoms. The number of nitrogens with one attached hydrogen (secondary N) is 1. The summed E-state index contributed by atoms with van der Waals surface area (Å²) in [6.07, 6.45) is 2.85. The Hall–Kier alpha value is -1.85. The van der Waals surface area contributed by atoms with Gasteiger partial charge in [0.25, 0.3) is 11.5 Å². The van der Waals surface area contributed by atoms with Gasteiger partial charge in [0.1, 0.15) is 0 Å². The third-order valence-electron chi connectivity index (χ3n) is 2.61. The van der Waals surface area contributed by atoms with Gasteiger partial charge >= 0.3 is 0 Å². The molecule has 1 aromatic heterocycles. The molecule has 2 aromatic rings. The summed E-state index contributed by atoms with van der Waals surface area (Å²) < 4.78 is 1.41. The molecule has 0 radical (unpaired) electrons. The van der Waals surface area contributed by atoms with Crippen molar-refractivity contribution in [2.24, 2.45) is 0 Å². The maximum absolute atomic E-state index is 11.9. The van der Waals surface area contributed by atoms with E-state index in [-0.39, 0.29) is 11.5 Å². The SMILES string of the molecule is O=C(NCCn1cnccc1=O)c1ccc(Cl)c(Cl)c1. The number of aromatic nitrogens is 2. The average Bonchev–Trinajstić information content (AvgIpc) is 2.44. The minimum atomic E-state index is -0.277. The summed E-state index contributed by atoms with van der Waals surface area (Å²) in [5, 5.41) is 3.41. The first kappa shape index (κ1) is 14.6. The molecule has 0 aliphatic carbocycles. The molecule has 1 aromatic carbocycles. The lowest BCUT2D eigenvalue weighted by molar-refractivity contribution is 0.0952. The van der Waals surface area contributed by atoms with Crippen molar-refractivity contribution < 1.29 is 4.79 Å². The first-order valence-corrected chi connectivity index (χ1v) is 6.57. The van der Waals surface area contributed by atoms with E-state index in [1.54, 1.807) is 12.1 Å². The maximum Gasteiger partial charge on any atom is 0.253 e. The molecule has 5 nitrogen and oxygen atoms in total. The average molecular weight is 312 g/mol. The summed E-state index contributed by atoms with van der Waals surface area (Å²) in [6.45, 7) is 0.657. The molecule has 0 spiro atoms. The van der Waals surface area contributed by atoms with Crippen molar-refractivity contribution in [3.63, 3.8) is 0 Å². The van der Waals surface area contributed by atoms with Gasteiger partial charge in [0.05, 0.1) is 16.4 Å². The number of carbonyl (C=O) groups excluding carboxylic acids is 1. The molecule has 0 fully saturated rings. The van der Waals surface area contributed by atoms with Gasteiger partial charge in [-0.1, -0.05) is 23.2 Å². The summed E-state index contributed by atoms with van der Waals surface area (Å²) >= 11 is 11.6. The molecule has 0 saturated heterocycles. The van der Waals surface area contributed by atoms with E-state index >= 15 is 0 Å². The zero-order valence-corrected chi connectivity index (χ0v) is 11.9. The van der Waals surface area contributed by atoms with Crippen molar-refractivity contribution >= 4 is 29.1 Å². The maximum atomic E-state index is 11.9. The molecule has 0 saturated carbocycles. The molecule has 1 amide bonds. The molecule has 1 N–H and O–H groups in total. The largest absolute Gasteiger partial charge is 0.350 e. The van der Waals surface area contributed by atoms with Crippen molar-refractivity contribution in [1.29, 1.82) is 0 Å². The normalized spacial score (nSPS) is 10.3. The van der Waals surface area contributed by atoms with Crippen molar-refractivity contribution in [1.82, 2.24) is 14.9 Å². The van der Waals surface area contributed by atoms with Gasteiger partial charge in [0.15, 0.2) is 0 Å². The van der Waals surface area contributed by atoms with Crippen molar-refractivity contribution in [3.8, 4) is 0 Å². The molecule has 0 atom stereocenters. The molecule has 0 aliphatic heterocycles. The number of amides is 1. The van der Waals surface area contributed by atoms with Crippen LogP contribution in [0.4, 0.5) is 0 Å². The molecular weight excluding hydrogens is 301 g/mol. The molecular formula is C13H11Cl2N3O2. The Bertz CT molecular complexity index is 685. The topological polar surface area (TPSA) is 64.0 Å². The predicted octanol–water partition coefficient (Wildman–Crippen LogP) is 1.98. The summed E-state index contributed by atoms with van der Waals surface area (Å²) in [5.41, 5.74) is 0.252. The second-order valence-corrected chi connectivity index (χ2v) is 4.81. The third-order valence-corrected chi connectivity index (χ3v) is 3.35. The highest BCUT2D eigenvalue weighted by Crippen LogP contribution is 2.22. The molecule has 0 unspecified atom stereocenters. The van der Waals surface area contributed by atoms with Crippen LogP contribution in [0.3, 0.4) is 0 Å². The van der Waals surface area contributed by atoms with Crippen LogP contribution in [-0.4, -0.2) is 22.0 Å². The van der Waals surface area contributed by atoms with Gasteiger partial charge < -0.3 is 5.32 Å². The van der Waals surface area contributed by atoms with Gasteiger partial charge in [-0.2, -0.15) is 0 Å². The second kappa shape index (κ2) is 6.54. The molecule has 1 heterocycles. The number of benzene rings is 1. The lowest BCUT2D eigenvalue weighted by Crippen LogP contribution is -2.30. The smallest absolute Gasteiger partial charge is 0.253 e. The van der Waals surface area contributed by atoms with Crippen LogP contribution >= 0.6 is 23.2 Å². The van der Waals surface area contributed by atoms with Crippen LogP contribution in [0.5, 0.6) is 0 Å². The number of halogens is 2. The molecule has 104 valence electrons. The van der Waals surface area contributed by atoms with Gasteiger partial charge in [-0.05, 0) is 18.2 Å². The Morgan fingerprint density at radius 1 is 1.25 bits per heavy atom. The Balaban J connectivity index is 1.94. The quantitative estimate of drug-likeness (QED) is 0.939. The van der Waals surface area contributed by atoms with Gasteiger partial charge in [-0.15, -0.1) is 0 Å². The summed E-state index contributed by atoms with van der Waals surface area (Å²) in [7, 11) is 0. The Morgan fingerprint density at radius 3 is 2.75 bits per heavy atom. The highest BCUT2D eigenvalue weighted by Gasteiger charge is 2.07. The van der Waals surface area contributed by atoms with E-state index in [4.69, 9.17) is 23.2 Å². The summed E-state index contributed by atoms with van der Waals surface area (Å²) in [5.74, 6) is -0.277. The first-order valence-electron chi connectivity index (χ1n) is 5.81. The van der Waals surface area contributed by atoms with Gasteiger partial charge in [-0.3, -0.25) is 14.2 Å². The number of nitrogens with zero attached hydrogens (tertiary/aromatic N) is 2. The molecule has 0 bridgehead atoms. The summed E-state index contributed by atoms with van der Waals surface area (Å²) in [4.78, 5) is 27.1. The van der Waals surface area contributed by atoms with E-state index in [0.29, 0.717) is 28.7 Å². The lowest BCUT2D eigenvalue weighted by atomic mass is 10.2. The van der Waals surface area contributed by atoms with Crippen LogP contribution in [0, 0.1) is 0 Å². The third kappa shape index (κ3) is 3.59. The number of carbonyl (C=O) groups is 1. The minimum absolute atomic E-state index is 0.163. The van der Waals surface area contributed by atoms with Crippen molar-refractivity contribution in [2.75, 3.05) is 6.54 Å². The van der Waals surface area contributed by atoms with E-state index in [2.05, 4.69) is 10.3 Å². The predicted molar refractivity (Wildman–Crippen MR) is 77.3 cm³/mol. The zero-order valence-electron chi connectivity index (χ0n) is 10.3. The first-order chi connectivity index (χ1) is 9.58. The monoisotopic (exact) mass is 311 g/mol. The number of rotatable bonds is 4. The fourth-order valence-electron chi connectivity index (χ4n) is 1.58. The van der Waals surface area contributed by atoms with Crippen LogP contribution in [0.15, 0.2) is 41.6 Å². The molecule has 2 rings (SSSR count). The highest BCUT2D eigenvalue weighted by molar-refractivity contribution is 6.42. The van der Waals surface area contributed by atoms with Gasteiger partial charge in [-0.25, -0.2) is 4.98 Å². The standard InChI is InChI=1S/C13H11Cl2N3O2/c14-10-2-1-9(7-11(10)15)13(20)17-5-6-18-8-16-4-3-12(18)19/h1-4,7-8H,5-6H2,(H,17,20). The second-order valence-electron chi connectivity index (χ2n) is 4.00. The van der Waals surface area contributed by atoms with Crippen LogP contribution in [0.25, 0.3) is 0 Å². The van der Waals surface area contributed by atoms with Crippen LogP contribution < -0.4 is 10.9 Å². The van der Waals surface area contributed by atoms with E-state index in [9.17, 15) is 9.59 Å². The zero-order chi connectivity index (χ0) is 14.5. The van der Waals surface area contributed by atoms with Gasteiger partial charge in [0.2, 0.25) is 0 Å². The number of hydrogen-bond acceptors (Lipinski definition) is 3. The van der Waals surface area contributed by atoms with E-state index in [1.165, 1.54) is 29.2 Å². The summed E-state index contributed by atoms with van der Waals surface area (Å²) in [6, 6.07) is 6.00. The fraction of sp³-hybridized carbons (Fsp3) is 0.154. The van der Waals surface area contributed by atoms with Gasteiger partial charge in [0, 0.05) is 30.9 Å². The molecule has 7 heteroatoms. The molecule has 0 aliphatic rings. The highest BCUT2D eigenvalue weighted by atomic mass is 35.5. The van der Waals surface area contributed by atoms with E-state index in [1.807, 2.05) is 0 Å². The van der Waals surface area contributed by atoms with E-state index < -0.39 is 0 Å². The number of hydrogen-bond donors (Lipinski definition) is 1. The Kier molecular flexibility index (Phi) is 4.76. The minimum Gasteiger partial charge on any atom is -0.350 e. The van der Waals surface area contributed by atoms with Crippen LogP contribution in [0.2, 0.25) is 10.0 Å². The van der Waals surface area contributed by atoms with Crippen molar-refractivity contribution in [2.45, 2.75) is 6.54 Å². The Morgan fingerprint density at radius 2 is 2.05 bits per heavy atom. The Labute approximate surface area is 125 Å². The van der Waals surface area contributed by atoms with Crippen LogP contribution in [-0.2, 0) is 6.54 Å². The van der Waals surface area contributed by atoms with E-state index in [0.717, 1.165) is 0 Å². The fourth-order valence-corrected chi connectivity index (χ4v) is 1.87. The van der Waals surface area contributed by atoms with Crippen LogP contribution in [0.1, 0.15) is 10.4 Å².